The molecule has 0 saturated carbocycles. The highest BCUT2D eigenvalue weighted by Crippen LogP contribution is 2.42. The lowest BCUT2D eigenvalue weighted by Crippen LogP contribution is -1.98. The van der Waals surface area contributed by atoms with Crippen molar-refractivity contribution < 1.29 is 0 Å². The van der Waals surface area contributed by atoms with Crippen molar-refractivity contribution in [2.75, 3.05) is 0 Å². The number of unbranched alkanes of at least 4 members (excludes halogenated alkanes) is 2. The summed E-state index contributed by atoms with van der Waals surface area (Å²) < 4.78 is 4.82. The molecule has 4 heteroatoms. The largest absolute Gasteiger partial charge is 0.0654 e. The van der Waals surface area contributed by atoms with E-state index in [0.717, 1.165) is 12.8 Å². The molecule has 1 aromatic rings. The second-order valence-corrected chi connectivity index (χ2v) is 7.59. The van der Waals surface area contributed by atoms with Crippen LogP contribution in [0.5, 0.6) is 0 Å². The van der Waals surface area contributed by atoms with Crippen molar-refractivity contribution >= 4 is 63.7 Å². The molecule has 0 amide bonds. The lowest BCUT2D eigenvalue weighted by Gasteiger charge is -2.16. The van der Waals surface area contributed by atoms with Crippen LogP contribution in [0.15, 0.2) is 17.9 Å². The van der Waals surface area contributed by atoms with Gasteiger partial charge in [-0.3, -0.25) is 0 Å². The van der Waals surface area contributed by atoms with Crippen LogP contribution in [-0.2, 0) is 12.8 Å². The maximum atomic E-state index is 3.74. The summed E-state index contributed by atoms with van der Waals surface area (Å²) in [5.74, 6) is 0. The summed E-state index contributed by atoms with van der Waals surface area (Å²) in [7, 11) is 0. The van der Waals surface area contributed by atoms with E-state index in [1.165, 1.54) is 54.7 Å². The standard InChI is InChI=1S/C14H18Br4/c1-3-5-7-9-11(15)13(17)10(8-6-4-2)14(18)12(9)16/h3-8H2,1-2H3. The zero-order valence-corrected chi connectivity index (χ0v) is 17.1. The van der Waals surface area contributed by atoms with E-state index >= 15 is 0 Å². The Morgan fingerprint density at radius 2 is 0.889 bits per heavy atom. The number of hydrogen-bond acceptors (Lipinski definition) is 0. The average molecular weight is 506 g/mol. The Bertz CT molecular complexity index is 345. The molecule has 0 aromatic heterocycles. The summed E-state index contributed by atoms with van der Waals surface area (Å²) in [6.45, 7) is 4.45. The molecular weight excluding hydrogens is 488 g/mol. The molecular formula is C14H18Br4. The Labute approximate surface area is 144 Å². The van der Waals surface area contributed by atoms with E-state index in [1.54, 1.807) is 0 Å². The summed E-state index contributed by atoms with van der Waals surface area (Å²) in [6.07, 6.45) is 7.05. The molecule has 0 radical (unpaired) electrons. The van der Waals surface area contributed by atoms with Crippen LogP contribution in [0.3, 0.4) is 0 Å². The lowest BCUT2D eigenvalue weighted by atomic mass is 10.0. The van der Waals surface area contributed by atoms with Crippen molar-refractivity contribution in [2.45, 2.75) is 52.4 Å². The van der Waals surface area contributed by atoms with Gasteiger partial charge in [0.2, 0.25) is 0 Å². The molecule has 1 rings (SSSR count). The van der Waals surface area contributed by atoms with Gasteiger partial charge in [0, 0.05) is 17.9 Å². The van der Waals surface area contributed by atoms with Gasteiger partial charge < -0.3 is 0 Å². The van der Waals surface area contributed by atoms with Crippen LogP contribution in [0.4, 0.5) is 0 Å². The van der Waals surface area contributed by atoms with Crippen LogP contribution in [-0.4, -0.2) is 0 Å². The molecule has 0 unspecified atom stereocenters. The number of halogens is 4. The van der Waals surface area contributed by atoms with E-state index in [4.69, 9.17) is 0 Å². The second kappa shape index (κ2) is 8.43. The number of hydrogen-bond donors (Lipinski definition) is 0. The summed E-state index contributed by atoms with van der Waals surface area (Å²) in [4.78, 5) is 0. The van der Waals surface area contributed by atoms with E-state index < -0.39 is 0 Å². The van der Waals surface area contributed by atoms with Crippen molar-refractivity contribution in [3.8, 4) is 0 Å². The quantitative estimate of drug-likeness (QED) is 0.353. The van der Waals surface area contributed by atoms with Crippen molar-refractivity contribution in [2.24, 2.45) is 0 Å². The lowest BCUT2D eigenvalue weighted by molar-refractivity contribution is 0.776. The van der Waals surface area contributed by atoms with Crippen LogP contribution in [0.2, 0.25) is 0 Å². The van der Waals surface area contributed by atoms with Gasteiger partial charge in [0.1, 0.15) is 0 Å². The fraction of sp³-hybridized carbons (Fsp3) is 0.571. The summed E-state index contributed by atoms with van der Waals surface area (Å²) in [5, 5.41) is 0. The first-order chi connectivity index (χ1) is 8.54. The van der Waals surface area contributed by atoms with Crippen LogP contribution < -0.4 is 0 Å². The van der Waals surface area contributed by atoms with Crippen molar-refractivity contribution in [3.63, 3.8) is 0 Å². The molecule has 0 aliphatic heterocycles. The molecule has 0 nitrogen and oxygen atoms in total. The third-order valence-corrected chi connectivity index (χ3v) is 7.57. The van der Waals surface area contributed by atoms with E-state index in [-0.39, 0.29) is 0 Å². The minimum Gasteiger partial charge on any atom is -0.0654 e. The minimum absolute atomic E-state index is 1.10. The Morgan fingerprint density at radius 3 is 1.11 bits per heavy atom. The van der Waals surface area contributed by atoms with Gasteiger partial charge in [0.25, 0.3) is 0 Å². The van der Waals surface area contributed by atoms with Gasteiger partial charge in [-0.2, -0.15) is 0 Å². The fourth-order valence-electron chi connectivity index (χ4n) is 1.87. The molecule has 0 atom stereocenters. The molecule has 0 N–H and O–H groups in total. The molecule has 0 heterocycles. The molecule has 0 saturated heterocycles. The molecule has 0 bridgehead atoms. The zero-order valence-electron chi connectivity index (χ0n) is 10.8. The first-order valence-electron chi connectivity index (χ1n) is 6.38. The van der Waals surface area contributed by atoms with E-state index in [9.17, 15) is 0 Å². The molecule has 18 heavy (non-hydrogen) atoms. The SMILES string of the molecule is CCCCc1c(Br)c(Br)c(CCCC)c(Br)c1Br. The van der Waals surface area contributed by atoms with Crippen LogP contribution >= 0.6 is 63.7 Å². The Morgan fingerprint density at radius 1 is 0.611 bits per heavy atom. The highest BCUT2D eigenvalue weighted by molar-refractivity contribution is 9.14. The van der Waals surface area contributed by atoms with E-state index in [2.05, 4.69) is 77.6 Å². The Hall–Kier alpha value is 1.14. The van der Waals surface area contributed by atoms with Gasteiger partial charge in [0.15, 0.2) is 0 Å². The smallest absolute Gasteiger partial charge is 0.0364 e. The molecule has 1 aromatic carbocycles. The normalized spacial score (nSPS) is 11.0. The van der Waals surface area contributed by atoms with Gasteiger partial charge in [-0.05, 0) is 101 Å². The third kappa shape index (κ3) is 4.07. The maximum absolute atomic E-state index is 3.74. The molecule has 0 spiro atoms. The second-order valence-electron chi connectivity index (χ2n) is 4.42. The van der Waals surface area contributed by atoms with E-state index in [1.807, 2.05) is 0 Å². The zero-order chi connectivity index (χ0) is 13.7. The summed E-state index contributed by atoms with van der Waals surface area (Å²) in [6, 6.07) is 0. The third-order valence-electron chi connectivity index (χ3n) is 3.01. The van der Waals surface area contributed by atoms with E-state index in [0.29, 0.717) is 0 Å². The van der Waals surface area contributed by atoms with Crippen molar-refractivity contribution in [1.29, 1.82) is 0 Å². The molecule has 0 aliphatic rings. The van der Waals surface area contributed by atoms with Crippen LogP contribution in [0.1, 0.15) is 50.7 Å². The average Bonchev–Trinajstić information content (AvgIpc) is 2.37. The Kier molecular flexibility index (Phi) is 8.05. The van der Waals surface area contributed by atoms with Crippen molar-refractivity contribution in [1.82, 2.24) is 0 Å². The highest BCUT2D eigenvalue weighted by atomic mass is 79.9. The highest BCUT2D eigenvalue weighted by Gasteiger charge is 2.17. The number of benzene rings is 1. The summed E-state index contributed by atoms with van der Waals surface area (Å²) >= 11 is 15.0. The van der Waals surface area contributed by atoms with Gasteiger partial charge >= 0.3 is 0 Å². The topological polar surface area (TPSA) is 0 Å². The monoisotopic (exact) mass is 502 g/mol. The predicted molar refractivity (Wildman–Crippen MR) is 94.5 cm³/mol. The van der Waals surface area contributed by atoms with Gasteiger partial charge in [-0.15, -0.1) is 0 Å². The van der Waals surface area contributed by atoms with Crippen molar-refractivity contribution in [3.05, 3.63) is 29.0 Å². The minimum atomic E-state index is 1.10. The first kappa shape index (κ1) is 17.2. The van der Waals surface area contributed by atoms with Gasteiger partial charge in [0.05, 0.1) is 0 Å². The van der Waals surface area contributed by atoms with Gasteiger partial charge in [-0.25, -0.2) is 0 Å². The molecule has 0 aliphatic carbocycles. The maximum Gasteiger partial charge on any atom is 0.0364 e. The summed E-state index contributed by atoms with van der Waals surface area (Å²) in [5.41, 5.74) is 2.71. The molecule has 102 valence electrons. The van der Waals surface area contributed by atoms with Crippen LogP contribution in [0, 0.1) is 0 Å². The first-order valence-corrected chi connectivity index (χ1v) is 9.55. The fourth-order valence-corrected chi connectivity index (χ4v) is 4.94. The Balaban J connectivity index is 3.18. The number of rotatable bonds is 6. The molecule has 0 fully saturated rings. The van der Waals surface area contributed by atoms with Crippen LogP contribution in [0.25, 0.3) is 0 Å². The van der Waals surface area contributed by atoms with Gasteiger partial charge in [-0.1, -0.05) is 26.7 Å². The predicted octanol–water partition coefficient (Wildman–Crippen LogP) is 7.42.